The minimum Gasteiger partial charge on any atom is -0.357 e. The van der Waals surface area contributed by atoms with Gasteiger partial charge in [-0.1, -0.05) is 30.3 Å². The summed E-state index contributed by atoms with van der Waals surface area (Å²) in [7, 11) is -3.17. The van der Waals surface area contributed by atoms with E-state index in [-0.39, 0.29) is 0 Å². The molecule has 0 unspecified atom stereocenters. The van der Waals surface area contributed by atoms with Gasteiger partial charge < -0.3 is 10.6 Å². The average molecular weight is 427 g/mol. The van der Waals surface area contributed by atoms with Gasteiger partial charge in [-0.25, -0.2) is 18.4 Å². The maximum absolute atomic E-state index is 11.6. The lowest BCUT2D eigenvalue weighted by molar-refractivity contribution is 0.602. The Bertz CT molecular complexity index is 1080. The van der Waals surface area contributed by atoms with Gasteiger partial charge >= 0.3 is 0 Å². The Morgan fingerprint density at radius 2 is 1.90 bits per heavy atom. The number of nitrogens with zero attached hydrogens (tertiary/aromatic N) is 3. The SMILES string of the molecule is CCNC(=NCc1cccc(-c2ncn[nH]2)c1)NCCc1ccc(S(C)(=O)=O)cc1. The molecule has 3 N–H and O–H groups in total. The average Bonchev–Trinajstić information content (AvgIpc) is 3.27. The van der Waals surface area contributed by atoms with Crippen molar-refractivity contribution in [2.24, 2.45) is 4.99 Å². The van der Waals surface area contributed by atoms with Crippen LogP contribution in [0.5, 0.6) is 0 Å². The van der Waals surface area contributed by atoms with Crippen LogP contribution in [0.2, 0.25) is 0 Å². The van der Waals surface area contributed by atoms with Crippen LogP contribution in [-0.2, 0) is 22.8 Å². The molecule has 9 heteroatoms. The zero-order valence-electron chi connectivity index (χ0n) is 17.1. The summed E-state index contributed by atoms with van der Waals surface area (Å²) in [6, 6.07) is 15.0. The molecule has 30 heavy (non-hydrogen) atoms. The third-order valence-electron chi connectivity index (χ3n) is 4.44. The fourth-order valence-electron chi connectivity index (χ4n) is 2.90. The molecule has 8 nitrogen and oxygen atoms in total. The van der Waals surface area contributed by atoms with Gasteiger partial charge in [0.2, 0.25) is 0 Å². The van der Waals surface area contributed by atoms with Gasteiger partial charge in [-0.05, 0) is 42.7 Å². The summed E-state index contributed by atoms with van der Waals surface area (Å²) >= 11 is 0. The van der Waals surface area contributed by atoms with Gasteiger partial charge in [0.1, 0.15) is 6.33 Å². The predicted molar refractivity (Wildman–Crippen MR) is 118 cm³/mol. The number of aromatic nitrogens is 3. The van der Waals surface area contributed by atoms with Crippen LogP contribution in [0.1, 0.15) is 18.1 Å². The molecule has 1 aromatic heterocycles. The van der Waals surface area contributed by atoms with Crippen LogP contribution < -0.4 is 10.6 Å². The second-order valence-corrected chi connectivity index (χ2v) is 8.84. The first-order valence-corrected chi connectivity index (χ1v) is 11.6. The molecular weight excluding hydrogens is 400 g/mol. The lowest BCUT2D eigenvalue weighted by Gasteiger charge is -2.12. The van der Waals surface area contributed by atoms with Crippen molar-refractivity contribution >= 4 is 15.8 Å². The molecule has 0 amide bonds. The number of H-pyrrole nitrogens is 1. The highest BCUT2D eigenvalue weighted by Gasteiger charge is 2.06. The molecule has 0 aliphatic rings. The normalized spacial score (nSPS) is 12.0. The lowest BCUT2D eigenvalue weighted by Crippen LogP contribution is -2.38. The minimum absolute atomic E-state index is 0.335. The molecule has 0 saturated heterocycles. The van der Waals surface area contributed by atoms with Crippen LogP contribution in [0.15, 0.2) is 64.7 Å². The number of aliphatic imine (C=N–C) groups is 1. The van der Waals surface area contributed by atoms with Crippen molar-refractivity contribution in [3.8, 4) is 11.4 Å². The van der Waals surface area contributed by atoms with Crippen LogP contribution in [-0.4, -0.2) is 48.9 Å². The number of hydrogen-bond acceptors (Lipinski definition) is 5. The molecule has 0 atom stereocenters. The Balaban J connectivity index is 1.58. The van der Waals surface area contributed by atoms with Crippen molar-refractivity contribution in [1.82, 2.24) is 25.8 Å². The van der Waals surface area contributed by atoms with E-state index >= 15 is 0 Å². The highest BCUT2D eigenvalue weighted by molar-refractivity contribution is 7.90. The van der Waals surface area contributed by atoms with E-state index in [4.69, 9.17) is 0 Å². The minimum atomic E-state index is -3.17. The zero-order chi connectivity index (χ0) is 21.4. The number of benzene rings is 2. The van der Waals surface area contributed by atoms with Gasteiger partial charge in [0.25, 0.3) is 0 Å². The van der Waals surface area contributed by atoms with E-state index in [1.165, 1.54) is 12.6 Å². The standard InChI is InChI=1S/C21H26N6O2S/c1-3-22-21(23-12-11-16-7-9-19(10-8-16)30(2,28)29)24-14-17-5-4-6-18(13-17)20-25-15-26-27-20/h4-10,13,15H,3,11-12,14H2,1-2H3,(H2,22,23,24)(H,25,26,27). The summed E-state index contributed by atoms with van der Waals surface area (Å²) in [5, 5.41) is 13.3. The number of nitrogens with one attached hydrogen (secondary N) is 3. The smallest absolute Gasteiger partial charge is 0.191 e. The van der Waals surface area contributed by atoms with E-state index in [0.717, 1.165) is 41.4 Å². The summed E-state index contributed by atoms with van der Waals surface area (Å²) in [5.74, 6) is 1.46. The molecule has 0 spiro atoms. The molecule has 0 bridgehead atoms. The van der Waals surface area contributed by atoms with Crippen molar-refractivity contribution in [1.29, 1.82) is 0 Å². The summed E-state index contributed by atoms with van der Waals surface area (Å²) in [6.45, 7) is 3.99. The molecule has 0 aliphatic carbocycles. The maximum Gasteiger partial charge on any atom is 0.191 e. The molecular formula is C21H26N6O2S. The van der Waals surface area contributed by atoms with Crippen LogP contribution in [0.4, 0.5) is 0 Å². The van der Waals surface area contributed by atoms with Gasteiger partial charge in [-0.15, -0.1) is 0 Å². The summed E-state index contributed by atoms with van der Waals surface area (Å²) in [4.78, 5) is 9.17. The molecule has 2 aromatic carbocycles. The zero-order valence-corrected chi connectivity index (χ0v) is 17.9. The lowest BCUT2D eigenvalue weighted by atomic mass is 10.1. The summed E-state index contributed by atoms with van der Waals surface area (Å²) in [6.07, 6.45) is 3.46. The molecule has 0 fully saturated rings. The fraction of sp³-hybridized carbons (Fsp3) is 0.286. The topological polar surface area (TPSA) is 112 Å². The van der Waals surface area contributed by atoms with Gasteiger partial charge in [0.05, 0.1) is 11.4 Å². The van der Waals surface area contributed by atoms with E-state index in [1.807, 2.05) is 43.3 Å². The monoisotopic (exact) mass is 426 g/mol. The number of aromatic amines is 1. The van der Waals surface area contributed by atoms with E-state index in [2.05, 4.69) is 30.8 Å². The van der Waals surface area contributed by atoms with Crippen LogP contribution in [0.3, 0.4) is 0 Å². The van der Waals surface area contributed by atoms with Gasteiger partial charge in [0, 0.05) is 24.9 Å². The predicted octanol–water partition coefficient (Wildman–Crippen LogP) is 2.17. The van der Waals surface area contributed by atoms with Crippen molar-refractivity contribution in [3.63, 3.8) is 0 Å². The van der Waals surface area contributed by atoms with Gasteiger partial charge in [-0.3, -0.25) is 5.10 Å². The Morgan fingerprint density at radius 1 is 1.10 bits per heavy atom. The van der Waals surface area contributed by atoms with Gasteiger partial charge in [0.15, 0.2) is 21.6 Å². The Labute approximate surface area is 176 Å². The first-order valence-electron chi connectivity index (χ1n) is 9.71. The fourth-order valence-corrected chi connectivity index (χ4v) is 3.53. The molecule has 3 aromatic rings. The van der Waals surface area contributed by atoms with E-state index in [9.17, 15) is 8.42 Å². The van der Waals surface area contributed by atoms with Gasteiger partial charge in [-0.2, -0.15) is 5.10 Å². The summed E-state index contributed by atoms with van der Waals surface area (Å²) < 4.78 is 23.1. The van der Waals surface area contributed by atoms with Crippen LogP contribution >= 0.6 is 0 Å². The van der Waals surface area contributed by atoms with Crippen molar-refractivity contribution in [2.75, 3.05) is 19.3 Å². The highest BCUT2D eigenvalue weighted by Crippen LogP contribution is 2.16. The summed E-state index contributed by atoms with van der Waals surface area (Å²) in [5.41, 5.74) is 3.10. The van der Waals surface area contributed by atoms with E-state index in [1.54, 1.807) is 12.1 Å². The number of rotatable bonds is 8. The molecule has 0 radical (unpaired) electrons. The largest absolute Gasteiger partial charge is 0.357 e. The van der Waals surface area contributed by atoms with Crippen LogP contribution in [0, 0.1) is 0 Å². The van der Waals surface area contributed by atoms with Crippen molar-refractivity contribution in [2.45, 2.75) is 24.8 Å². The second-order valence-electron chi connectivity index (χ2n) is 6.82. The quantitative estimate of drug-likeness (QED) is 0.376. The molecule has 0 aliphatic heterocycles. The van der Waals surface area contributed by atoms with Crippen molar-refractivity contribution in [3.05, 3.63) is 66.0 Å². The first-order chi connectivity index (χ1) is 14.5. The Hall–Kier alpha value is -3.20. The first kappa shape index (κ1) is 21.5. The number of hydrogen-bond donors (Lipinski definition) is 3. The Morgan fingerprint density at radius 3 is 2.57 bits per heavy atom. The molecule has 3 rings (SSSR count). The molecule has 0 saturated carbocycles. The van der Waals surface area contributed by atoms with E-state index in [0.29, 0.717) is 18.0 Å². The highest BCUT2D eigenvalue weighted by atomic mass is 32.2. The molecule has 1 heterocycles. The Kier molecular flexibility index (Phi) is 7.18. The maximum atomic E-state index is 11.6. The number of sulfone groups is 1. The van der Waals surface area contributed by atoms with E-state index < -0.39 is 9.84 Å². The van der Waals surface area contributed by atoms with Crippen LogP contribution in [0.25, 0.3) is 11.4 Å². The second kappa shape index (κ2) is 10.0. The molecule has 158 valence electrons. The van der Waals surface area contributed by atoms with Crippen molar-refractivity contribution < 1.29 is 8.42 Å². The third kappa shape index (κ3) is 6.15. The number of guanidine groups is 1. The third-order valence-corrected chi connectivity index (χ3v) is 5.57.